The average molecular weight is 499 g/mol. The zero-order chi connectivity index (χ0) is 25.4. The van der Waals surface area contributed by atoms with Gasteiger partial charge in [-0.3, -0.25) is 0 Å². The lowest BCUT2D eigenvalue weighted by molar-refractivity contribution is 0.0861. The van der Waals surface area contributed by atoms with E-state index in [-0.39, 0.29) is 11.2 Å². The third kappa shape index (κ3) is 5.52. The summed E-state index contributed by atoms with van der Waals surface area (Å²) < 4.78 is 25.9. The number of hydrogen-bond donors (Lipinski definition) is 2. The van der Waals surface area contributed by atoms with Gasteiger partial charge in [0.2, 0.25) is 0 Å². The Morgan fingerprint density at radius 1 is 1.17 bits per heavy atom. The number of benzene rings is 1. The third-order valence-electron chi connectivity index (χ3n) is 9.21. The van der Waals surface area contributed by atoms with Gasteiger partial charge in [0, 0.05) is 6.42 Å². The molecule has 0 amide bonds. The molecule has 1 aromatic rings. The molecule has 3 fully saturated rings. The number of hydrogen-bond acceptors (Lipinski definition) is 4. The average Bonchev–Trinajstić information content (AvgIpc) is 3.17. The number of sulfone groups is 1. The maximum absolute atomic E-state index is 12.9. The standard InChI is InChI=1S/C30H42O4S/c1-20-7-11-26(12-8-20)35(33,34)17-15-21(2)27-13-14-28-23(6-5-16-30(27,28)4)9-10-24-18-25(31)19-29(32)22(24)3/h7-12,21,25,27-29,31-32H,3,5-6,13-19H2,1-2,4H3/b23-9+,24-10-. The summed E-state index contributed by atoms with van der Waals surface area (Å²) in [5.74, 6) is 1.59. The molecule has 3 aliphatic carbocycles. The van der Waals surface area contributed by atoms with Crippen LogP contribution in [0, 0.1) is 30.1 Å². The number of aliphatic hydroxyl groups excluding tert-OH is 2. The first kappa shape index (κ1) is 26.4. The quantitative estimate of drug-likeness (QED) is 0.509. The molecule has 4 nitrogen and oxygen atoms in total. The number of aliphatic hydroxyl groups is 2. The second-order valence-corrected chi connectivity index (χ2v) is 13.7. The Balaban J connectivity index is 1.45. The van der Waals surface area contributed by atoms with Gasteiger partial charge in [0.05, 0.1) is 22.9 Å². The number of allylic oxidation sites excluding steroid dienone is 3. The van der Waals surface area contributed by atoms with E-state index in [0.29, 0.717) is 41.9 Å². The Morgan fingerprint density at radius 3 is 2.60 bits per heavy atom. The molecule has 6 unspecified atom stereocenters. The molecule has 3 saturated carbocycles. The van der Waals surface area contributed by atoms with Crippen molar-refractivity contribution in [3.05, 3.63) is 65.3 Å². The van der Waals surface area contributed by atoms with Crippen LogP contribution >= 0.6 is 0 Å². The summed E-state index contributed by atoms with van der Waals surface area (Å²) in [5.41, 5.74) is 4.42. The Labute approximate surface area is 211 Å². The summed E-state index contributed by atoms with van der Waals surface area (Å²) >= 11 is 0. The van der Waals surface area contributed by atoms with Crippen molar-refractivity contribution in [1.29, 1.82) is 0 Å². The number of aryl methyl sites for hydroxylation is 1. The largest absolute Gasteiger partial charge is 0.393 e. The van der Waals surface area contributed by atoms with Crippen LogP contribution < -0.4 is 0 Å². The van der Waals surface area contributed by atoms with E-state index in [4.69, 9.17) is 0 Å². The summed E-state index contributed by atoms with van der Waals surface area (Å²) in [4.78, 5) is 0.432. The highest BCUT2D eigenvalue weighted by Crippen LogP contribution is 2.59. The van der Waals surface area contributed by atoms with Crippen LogP contribution in [-0.2, 0) is 9.84 Å². The van der Waals surface area contributed by atoms with Crippen LogP contribution in [0.5, 0.6) is 0 Å². The fourth-order valence-corrected chi connectivity index (χ4v) is 8.55. The maximum atomic E-state index is 12.9. The fraction of sp³-hybridized carbons (Fsp3) is 0.600. The van der Waals surface area contributed by atoms with Gasteiger partial charge < -0.3 is 10.2 Å². The van der Waals surface area contributed by atoms with Crippen molar-refractivity contribution >= 4 is 9.84 Å². The molecule has 0 spiro atoms. The lowest BCUT2D eigenvalue weighted by atomic mass is 9.61. The molecule has 0 heterocycles. The maximum Gasteiger partial charge on any atom is 0.178 e. The number of fused-ring (bicyclic) bond motifs is 1. The second kappa shape index (κ2) is 10.4. The van der Waals surface area contributed by atoms with Crippen LogP contribution in [0.4, 0.5) is 0 Å². The van der Waals surface area contributed by atoms with Crippen LogP contribution in [0.2, 0.25) is 0 Å². The summed E-state index contributed by atoms with van der Waals surface area (Å²) in [6, 6.07) is 7.20. The third-order valence-corrected chi connectivity index (χ3v) is 11.0. The molecular formula is C30H42O4S. The van der Waals surface area contributed by atoms with Crippen LogP contribution in [0.1, 0.15) is 70.8 Å². The highest BCUT2D eigenvalue weighted by atomic mass is 32.2. The summed E-state index contributed by atoms with van der Waals surface area (Å²) in [6.07, 6.45) is 10.5. The first-order valence-corrected chi connectivity index (χ1v) is 14.9. The first-order chi connectivity index (χ1) is 16.5. The normalized spacial score (nSPS) is 34.8. The van der Waals surface area contributed by atoms with Crippen molar-refractivity contribution in [2.45, 2.75) is 89.2 Å². The Hall–Kier alpha value is -1.69. The second-order valence-electron chi connectivity index (χ2n) is 11.6. The lowest BCUT2D eigenvalue weighted by Crippen LogP contribution is -2.36. The van der Waals surface area contributed by atoms with Gasteiger partial charge in [0.15, 0.2) is 9.84 Å². The Kier molecular flexibility index (Phi) is 7.80. The smallest absolute Gasteiger partial charge is 0.178 e. The molecule has 2 N–H and O–H groups in total. The van der Waals surface area contributed by atoms with Gasteiger partial charge in [0.1, 0.15) is 0 Å². The van der Waals surface area contributed by atoms with Gasteiger partial charge in [-0.05, 0) is 98.3 Å². The molecule has 3 aliphatic rings. The zero-order valence-corrected chi connectivity index (χ0v) is 22.4. The van der Waals surface area contributed by atoms with Gasteiger partial charge >= 0.3 is 0 Å². The molecule has 6 atom stereocenters. The van der Waals surface area contributed by atoms with Crippen molar-refractivity contribution in [1.82, 2.24) is 0 Å². The van der Waals surface area contributed by atoms with E-state index in [2.05, 4.69) is 32.6 Å². The first-order valence-electron chi connectivity index (χ1n) is 13.3. The van der Waals surface area contributed by atoms with Crippen LogP contribution in [-0.4, -0.2) is 36.6 Å². The fourth-order valence-electron chi connectivity index (χ4n) is 7.08. The predicted octanol–water partition coefficient (Wildman–Crippen LogP) is 5.94. The summed E-state index contributed by atoms with van der Waals surface area (Å²) in [6.45, 7) is 10.7. The zero-order valence-electron chi connectivity index (χ0n) is 21.5. The monoisotopic (exact) mass is 498 g/mol. The van der Waals surface area contributed by atoms with Crippen molar-refractivity contribution in [3.8, 4) is 0 Å². The van der Waals surface area contributed by atoms with Crippen molar-refractivity contribution < 1.29 is 18.6 Å². The summed E-state index contributed by atoms with van der Waals surface area (Å²) in [5, 5.41) is 20.3. The molecule has 0 aliphatic heterocycles. The molecule has 4 rings (SSSR count). The molecule has 0 saturated heterocycles. The molecule has 0 radical (unpaired) electrons. The van der Waals surface area contributed by atoms with Gasteiger partial charge in [-0.15, -0.1) is 0 Å². The van der Waals surface area contributed by atoms with E-state index in [1.54, 1.807) is 12.1 Å². The van der Waals surface area contributed by atoms with Gasteiger partial charge in [0.25, 0.3) is 0 Å². The van der Waals surface area contributed by atoms with E-state index < -0.39 is 22.0 Å². The van der Waals surface area contributed by atoms with Crippen LogP contribution in [0.25, 0.3) is 0 Å². The van der Waals surface area contributed by atoms with Crippen molar-refractivity contribution in [2.24, 2.45) is 23.2 Å². The van der Waals surface area contributed by atoms with E-state index >= 15 is 0 Å². The van der Waals surface area contributed by atoms with Crippen molar-refractivity contribution in [2.75, 3.05) is 5.75 Å². The van der Waals surface area contributed by atoms with E-state index in [9.17, 15) is 18.6 Å². The molecule has 0 aromatic heterocycles. The summed E-state index contributed by atoms with van der Waals surface area (Å²) in [7, 11) is -3.27. The highest BCUT2D eigenvalue weighted by Gasteiger charge is 2.50. The van der Waals surface area contributed by atoms with Gasteiger partial charge in [-0.25, -0.2) is 8.42 Å². The van der Waals surface area contributed by atoms with E-state index in [1.165, 1.54) is 12.0 Å². The minimum absolute atomic E-state index is 0.193. The molecule has 35 heavy (non-hydrogen) atoms. The molecule has 1 aromatic carbocycles. The van der Waals surface area contributed by atoms with E-state index in [0.717, 1.165) is 42.4 Å². The van der Waals surface area contributed by atoms with Crippen molar-refractivity contribution in [3.63, 3.8) is 0 Å². The molecular weight excluding hydrogens is 456 g/mol. The molecule has 192 valence electrons. The lowest BCUT2D eigenvalue weighted by Gasteiger charge is -2.44. The highest BCUT2D eigenvalue weighted by molar-refractivity contribution is 7.91. The Morgan fingerprint density at radius 2 is 1.89 bits per heavy atom. The minimum atomic E-state index is -3.27. The molecule has 0 bridgehead atoms. The predicted molar refractivity (Wildman–Crippen MR) is 142 cm³/mol. The van der Waals surface area contributed by atoms with Gasteiger partial charge in [-0.2, -0.15) is 0 Å². The minimum Gasteiger partial charge on any atom is -0.393 e. The Bertz CT molecular complexity index is 1100. The SMILES string of the molecule is C=C1/C(=C\C=C2/CCCC3(C)C2CCC3C(C)CCS(=O)(=O)c2ccc(C)cc2)CC(O)CC1O. The topological polar surface area (TPSA) is 74.6 Å². The van der Waals surface area contributed by atoms with E-state index in [1.807, 2.05) is 19.1 Å². The van der Waals surface area contributed by atoms with Gasteiger partial charge in [-0.1, -0.05) is 55.8 Å². The number of rotatable bonds is 6. The molecule has 5 heteroatoms. The van der Waals surface area contributed by atoms with Crippen LogP contribution in [0.3, 0.4) is 0 Å². The van der Waals surface area contributed by atoms with Crippen LogP contribution in [0.15, 0.2) is 64.6 Å².